The van der Waals surface area contributed by atoms with E-state index in [1.165, 1.54) is 22.0 Å². The van der Waals surface area contributed by atoms with Gasteiger partial charge in [0.1, 0.15) is 0 Å². The Hall–Kier alpha value is -2.76. The molecular weight excluding hydrogens is 302 g/mol. The second-order valence-electron chi connectivity index (χ2n) is 5.89. The third-order valence-electron chi connectivity index (χ3n) is 4.16. The van der Waals surface area contributed by atoms with Gasteiger partial charge in [-0.05, 0) is 24.0 Å². The number of rotatable bonds is 6. The number of benzene rings is 1. The summed E-state index contributed by atoms with van der Waals surface area (Å²) in [5, 5.41) is 11.1. The van der Waals surface area contributed by atoms with E-state index in [4.69, 9.17) is 0 Å². The van der Waals surface area contributed by atoms with Gasteiger partial charge in [-0.25, -0.2) is 4.79 Å². The number of urea groups is 1. The van der Waals surface area contributed by atoms with Crippen molar-refractivity contribution < 1.29 is 4.79 Å². The third-order valence-corrected chi connectivity index (χ3v) is 4.16. The molecule has 24 heavy (non-hydrogen) atoms. The molecule has 0 aliphatic heterocycles. The van der Waals surface area contributed by atoms with E-state index in [0.717, 1.165) is 18.4 Å². The summed E-state index contributed by atoms with van der Waals surface area (Å²) in [6.07, 6.45) is 7.48. The summed E-state index contributed by atoms with van der Waals surface area (Å²) < 4.78 is 1.72. The molecule has 6 nitrogen and oxygen atoms in total. The van der Waals surface area contributed by atoms with Crippen molar-refractivity contribution in [3.8, 4) is 0 Å². The van der Waals surface area contributed by atoms with Crippen molar-refractivity contribution >= 4 is 16.9 Å². The zero-order valence-corrected chi connectivity index (χ0v) is 14.1. The summed E-state index contributed by atoms with van der Waals surface area (Å²) in [6, 6.07) is 6.20. The van der Waals surface area contributed by atoms with Crippen molar-refractivity contribution in [2.45, 2.75) is 26.3 Å². The number of carbonyl (C=O) groups excluding carboxylic acids is 1. The van der Waals surface area contributed by atoms with Gasteiger partial charge in [0, 0.05) is 49.0 Å². The molecule has 0 saturated heterocycles. The van der Waals surface area contributed by atoms with Gasteiger partial charge < -0.3 is 15.6 Å². The maximum Gasteiger partial charge on any atom is 0.315 e. The first-order chi connectivity index (χ1) is 11.7. The Morgan fingerprint density at radius 3 is 2.92 bits per heavy atom. The van der Waals surface area contributed by atoms with E-state index in [2.05, 4.69) is 45.8 Å². The van der Waals surface area contributed by atoms with Crippen molar-refractivity contribution in [3.05, 3.63) is 53.5 Å². The van der Waals surface area contributed by atoms with Crippen molar-refractivity contribution in [1.29, 1.82) is 0 Å². The van der Waals surface area contributed by atoms with Crippen LogP contribution < -0.4 is 10.6 Å². The van der Waals surface area contributed by atoms with E-state index in [-0.39, 0.29) is 6.03 Å². The lowest BCUT2D eigenvalue weighted by molar-refractivity contribution is 0.240. The first-order valence-corrected chi connectivity index (χ1v) is 8.24. The number of aryl methyl sites for hydroxylation is 2. The second kappa shape index (κ2) is 7.21. The van der Waals surface area contributed by atoms with Crippen LogP contribution in [0.4, 0.5) is 4.79 Å². The van der Waals surface area contributed by atoms with Gasteiger partial charge in [-0.3, -0.25) is 4.68 Å². The van der Waals surface area contributed by atoms with Crippen molar-refractivity contribution in [2.24, 2.45) is 7.05 Å². The van der Waals surface area contributed by atoms with Gasteiger partial charge in [-0.2, -0.15) is 5.10 Å². The summed E-state index contributed by atoms with van der Waals surface area (Å²) in [5.41, 5.74) is 4.74. The van der Waals surface area contributed by atoms with Crippen LogP contribution >= 0.6 is 0 Å². The summed E-state index contributed by atoms with van der Waals surface area (Å²) in [7, 11) is 1.86. The number of aromatic amines is 1. The lowest BCUT2D eigenvalue weighted by atomic mass is 10.1. The number of nitrogens with one attached hydrogen (secondary N) is 3. The molecule has 0 aliphatic rings. The largest absolute Gasteiger partial charge is 0.361 e. The van der Waals surface area contributed by atoms with Gasteiger partial charge in [0.2, 0.25) is 0 Å². The van der Waals surface area contributed by atoms with E-state index >= 15 is 0 Å². The first-order valence-electron chi connectivity index (χ1n) is 8.24. The molecule has 0 saturated carbocycles. The van der Waals surface area contributed by atoms with Gasteiger partial charge >= 0.3 is 6.03 Å². The number of carbonyl (C=O) groups is 1. The quantitative estimate of drug-likeness (QED) is 0.651. The predicted octanol–water partition coefficient (Wildman–Crippen LogP) is 2.51. The van der Waals surface area contributed by atoms with E-state index in [1.807, 2.05) is 19.4 Å². The Balaban J connectivity index is 1.50. The van der Waals surface area contributed by atoms with Crippen LogP contribution in [0.5, 0.6) is 0 Å². The van der Waals surface area contributed by atoms with Gasteiger partial charge in [-0.1, -0.05) is 25.1 Å². The Kier molecular flexibility index (Phi) is 4.84. The van der Waals surface area contributed by atoms with Gasteiger partial charge in [0.05, 0.1) is 6.20 Å². The standard InChI is InChI=1S/C18H23N5O/c1-3-14-5-4-6-16-15(11-20-17(14)16)7-8-19-18(24)21-9-13-10-22-23(2)12-13/h4-6,10-12,20H,3,7-9H2,1-2H3,(H2,19,21,24). The van der Waals surface area contributed by atoms with Gasteiger partial charge in [-0.15, -0.1) is 0 Å². The molecule has 0 bridgehead atoms. The molecule has 0 aliphatic carbocycles. The molecule has 2 amide bonds. The molecule has 0 fully saturated rings. The Morgan fingerprint density at radius 2 is 2.17 bits per heavy atom. The molecule has 2 heterocycles. The molecule has 0 radical (unpaired) electrons. The van der Waals surface area contributed by atoms with Crippen LogP contribution in [0.3, 0.4) is 0 Å². The molecule has 2 aromatic heterocycles. The average molecular weight is 325 g/mol. The minimum absolute atomic E-state index is 0.159. The van der Waals surface area contributed by atoms with Crippen LogP contribution in [-0.2, 0) is 26.4 Å². The first kappa shape index (κ1) is 16.1. The van der Waals surface area contributed by atoms with E-state index < -0.39 is 0 Å². The monoisotopic (exact) mass is 325 g/mol. The minimum atomic E-state index is -0.159. The number of hydrogen-bond donors (Lipinski definition) is 3. The van der Waals surface area contributed by atoms with Gasteiger partial charge in [0.15, 0.2) is 0 Å². The molecule has 1 aromatic carbocycles. The topological polar surface area (TPSA) is 74.7 Å². The molecule has 0 spiro atoms. The highest BCUT2D eigenvalue weighted by atomic mass is 16.2. The molecule has 0 atom stereocenters. The zero-order valence-electron chi connectivity index (χ0n) is 14.1. The SMILES string of the molecule is CCc1cccc2c(CCNC(=O)NCc3cnn(C)c3)c[nH]c12. The van der Waals surface area contributed by atoms with Crippen LogP contribution in [0.25, 0.3) is 10.9 Å². The smallest absolute Gasteiger partial charge is 0.315 e. The Morgan fingerprint density at radius 1 is 1.29 bits per heavy atom. The van der Waals surface area contributed by atoms with Crippen LogP contribution in [0.1, 0.15) is 23.6 Å². The normalized spacial score (nSPS) is 10.9. The molecule has 3 rings (SSSR count). The molecular formula is C18H23N5O. The van der Waals surface area contributed by atoms with Gasteiger partial charge in [0.25, 0.3) is 0 Å². The fourth-order valence-corrected chi connectivity index (χ4v) is 2.90. The number of aromatic nitrogens is 3. The summed E-state index contributed by atoms with van der Waals surface area (Å²) in [6.45, 7) is 3.23. The Labute approximate surface area is 141 Å². The lowest BCUT2D eigenvalue weighted by Crippen LogP contribution is -2.36. The van der Waals surface area contributed by atoms with E-state index in [0.29, 0.717) is 13.1 Å². The summed E-state index contributed by atoms with van der Waals surface area (Å²) in [5.74, 6) is 0. The molecule has 0 unspecified atom stereocenters. The fraction of sp³-hybridized carbons (Fsp3) is 0.333. The number of amides is 2. The second-order valence-corrected chi connectivity index (χ2v) is 5.89. The predicted molar refractivity (Wildman–Crippen MR) is 94.8 cm³/mol. The Bertz CT molecular complexity index is 833. The maximum absolute atomic E-state index is 11.9. The average Bonchev–Trinajstić information content (AvgIpc) is 3.19. The maximum atomic E-state index is 11.9. The van der Waals surface area contributed by atoms with E-state index in [1.54, 1.807) is 10.9 Å². The van der Waals surface area contributed by atoms with Crippen LogP contribution in [0, 0.1) is 0 Å². The molecule has 3 N–H and O–H groups in total. The number of para-hydroxylation sites is 1. The number of fused-ring (bicyclic) bond motifs is 1. The van der Waals surface area contributed by atoms with E-state index in [9.17, 15) is 4.79 Å². The number of hydrogen-bond acceptors (Lipinski definition) is 2. The summed E-state index contributed by atoms with van der Waals surface area (Å²) >= 11 is 0. The molecule has 126 valence electrons. The summed E-state index contributed by atoms with van der Waals surface area (Å²) in [4.78, 5) is 15.2. The fourth-order valence-electron chi connectivity index (χ4n) is 2.90. The molecule has 3 aromatic rings. The van der Waals surface area contributed by atoms with Crippen molar-refractivity contribution in [1.82, 2.24) is 25.4 Å². The minimum Gasteiger partial charge on any atom is -0.361 e. The number of H-pyrrole nitrogens is 1. The zero-order chi connectivity index (χ0) is 16.9. The third kappa shape index (κ3) is 3.59. The van der Waals surface area contributed by atoms with Crippen LogP contribution in [0.2, 0.25) is 0 Å². The van der Waals surface area contributed by atoms with Crippen molar-refractivity contribution in [2.75, 3.05) is 6.54 Å². The highest BCUT2D eigenvalue weighted by molar-refractivity contribution is 5.86. The van der Waals surface area contributed by atoms with Crippen LogP contribution in [-0.4, -0.2) is 27.3 Å². The highest BCUT2D eigenvalue weighted by Crippen LogP contribution is 2.22. The highest BCUT2D eigenvalue weighted by Gasteiger charge is 2.07. The number of nitrogens with zero attached hydrogens (tertiary/aromatic N) is 2. The molecule has 6 heteroatoms. The van der Waals surface area contributed by atoms with Crippen LogP contribution in [0.15, 0.2) is 36.8 Å². The van der Waals surface area contributed by atoms with Crippen molar-refractivity contribution in [3.63, 3.8) is 0 Å². The lowest BCUT2D eigenvalue weighted by Gasteiger charge is -2.06.